The average Bonchev–Trinajstić information content (AvgIpc) is 2.95. The molecule has 1 atom stereocenters. The second-order valence-electron chi connectivity index (χ2n) is 9.44. The number of hydrogen-bond donors (Lipinski definition) is 1. The van der Waals surface area contributed by atoms with E-state index in [4.69, 9.17) is 0 Å². The summed E-state index contributed by atoms with van der Waals surface area (Å²) in [5.74, 6) is 0.454. The van der Waals surface area contributed by atoms with Gasteiger partial charge < -0.3 is 5.32 Å². The highest BCUT2D eigenvalue weighted by Gasteiger charge is 2.31. The first-order valence-corrected chi connectivity index (χ1v) is 14.1. The van der Waals surface area contributed by atoms with Crippen LogP contribution in [-0.2, 0) is 27.8 Å². The highest BCUT2D eigenvalue weighted by atomic mass is 32.2. The Morgan fingerprint density at radius 3 is 2.61 bits per heavy atom. The molecule has 1 saturated heterocycles. The third-order valence-corrected chi connectivity index (χ3v) is 10.0. The molecule has 0 unspecified atom stereocenters. The monoisotopic (exact) mass is 485 g/mol. The van der Waals surface area contributed by atoms with Crippen LogP contribution < -0.4 is 5.32 Å². The number of nitrogens with one attached hydrogen (secondary N) is 1. The maximum absolute atomic E-state index is 13.3. The van der Waals surface area contributed by atoms with Crippen LogP contribution >= 0.6 is 11.8 Å². The second kappa shape index (κ2) is 9.41. The largest absolute Gasteiger partial charge is 0.325 e. The van der Waals surface area contributed by atoms with Gasteiger partial charge in [0, 0.05) is 49.3 Å². The smallest absolute Gasteiger partial charge is 0.243 e. The molecule has 8 heteroatoms. The summed E-state index contributed by atoms with van der Waals surface area (Å²) in [7, 11) is -3.58. The highest BCUT2D eigenvalue weighted by molar-refractivity contribution is 8.00. The highest BCUT2D eigenvalue weighted by Crippen LogP contribution is 2.37. The number of thioether (sulfide) groups is 1. The van der Waals surface area contributed by atoms with Gasteiger partial charge in [0.25, 0.3) is 0 Å². The normalized spacial score (nSPS) is 22.8. The molecule has 1 fully saturated rings. The maximum atomic E-state index is 13.3. The summed E-state index contributed by atoms with van der Waals surface area (Å²) in [6, 6.07) is 13.8. The van der Waals surface area contributed by atoms with Gasteiger partial charge in [-0.1, -0.05) is 31.2 Å². The first-order valence-electron chi connectivity index (χ1n) is 11.8. The topological polar surface area (TPSA) is 69.7 Å². The Labute approximate surface area is 200 Å². The molecule has 3 aliphatic heterocycles. The van der Waals surface area contributed by atoms with Crippen LogP contribution in [0.15, 0.2) is 52.3 Å². The second-order valence-corrected chi connectivity index (χ2v) is 12.9. The number of carbonyl (C=O) groups excluding carboxylic acids is 1. The zero-order valence-corrected chi connectivity index (χ0v) is 20.6. The van der Waals surface area contributed by atoms with Crippen LogP contribution in [0, 0.1) is 5.92 Å². The Morgan fingerprint density at radius 2 is 1.82 bits per heavy atom. The number of benzene rings is 2. The number of fused-ring (bicyclic) bond motifs is 2. The van der Waals surface area contributed by atoms with Gasteiger partial charge >= 0.3 is 0 Å². The standard InChI is InChI=1S/C25H31N3O3S2/c1-18-14-25(29)26-23-15-22(6-7-24(23)32-18)33(30,31)28-12-8-19(9-13-28)16-27-11-10-20-4-2-3-5-21(20)17-27/h2-7,15,18-19H,8-14,16-17H2,1H3,(H,26,29)/t18-/m0/s1. The molecule has 0 aliphatic carbocycles. The molecule has 0 radical (unpaired) electrons. The molecular formula is C25H31N3O3S2. The quantitative estimate of drug-likeness (QED) is 0.710. The zero-order valence-electron chi connectivity index (χ0n) is 19.0. The van der Waals surface area contributed by atoms with Crippen LogP contribution in [0.2, 0.25) is 0 Å². The summed E-state index contributed by atoms with van der Waals surface area (Å²) in [5, 5.41) is 3.05. The molecule has 0 bridgehead atoms. The molecule has 3 aliphatic rings. The summed E-state index contributed by atoms with van der Waals surface area (Å²) < 4.78 is 28.3. The minimum absolute atomic E-state index is 0.0653. The van der Waals surface area contributed by atoms with Crippen molar-refractivity contribution in [2.45, 2.75) is 54.2 Å². The van der Waals surface area contributed by atoms with Crippen LogP contribution in [0.3, 0.4) is 0 Å². The lowest BCUT2D eigenvalue weighted by atomic mass is 9.94. The van der Waals surface area contributed by atoms with Gasteiger partial charge in [-0.15, -0.1) is 11.8 Å². The predicted molar refractivity (Wildman–Crippen MR) is 132 cm³/mol. The van der Waals surface area contributed by atoms with Gasteiger partial charge in [-0.05, 0) is 54.5 Å². The molecule has 176 valence electrons. The number of carbonyl (C=O) groups is 1. The molecule has 6 nitrogen and oxygen atoms in total. The molecule has 2 aromatic rings. The minimum atomic E-state index is -3.58. The van der Waals surface area contributed by atoms with Crippen LogP contribution in [0.5, 0.6) is 0 Å². The van der Waals surface area contributed by atoms with Crippen molar-refractivity contribution in [3.63, 3.8) is 0 Å². The number of amides is 1. The van der Waals surface area contributed by atoms with E-state index in [0.717, 1.165) is 43.8 Å². The van der Waals surface area contributed by atoms with E-state index in [1.165, 1.54) is 11.1 Å². The van der Waals surface area contributed by atoms with Crippen LogP contribution in [0.4, 0.5) is 5.69 Å². The molecule has 1 N–H and O–H groups in total. The van der Waals surface area contributed by atoms with Crippen molar-refractivity contribution < 1.29 is 13.2 Å². The fourth-order valence-corrected chi connectivity index (χ4v) is 7.70. The lowest BCUT2D eigenvalue weighted by molar-refractivity contribution is -0.116. The molecule has 1 amide bonds. The van der Waals surface area contributed by atoms with Crippen molar-refractivity contribution in [2.75, 3.05) is 31.5 Å². The summed E-state index contributed by atoms with van der Waals surface area (Å²) in [6.45, 7) is 6.21. The van der Waals surface area contributed by atoms with Crippen molar-refractivity contribution in [3.8, 4) is 0 Å². The number of anilines is 1. The fraction of sp³-hybridized carbons (Fsp3) is 0.480. The molecule has 0 aromatic heterocycles. The number of hydrogen-bond acceptors (Lipinski definition) is 5. The van der Waals surface area contributed by atoms with Crippen LogP contribution in [0.1, 0.15) is 37.3 Å². The van der Waals surface area contributed by atoms with E-state index in [9.17, 15) is 13.2 Å². The predicted octanol–water partition coefficient (Wildman–Crippen LogP) is 3.97. The van der Waals surface area contributed by atoms with E-state index in [1.807, 2.05) is 13.0 Å². The van der Waals surface area contributed by atoms with Gasteiger partial charge in [-0.25, -0.2) is 8.42 Å². The van der Waals surface area contributed by atoms with E-state index < -0.39 is 10.0 Å². The van der Waals surface area contributed by atoms with E-state index in [0.29, 0.717) is 31.1 Å². The Bertz CT molecular complexity index is 1140. The molecule has 0 saturated carbocycles. The van der Waals surface area contributed by atoms with E-state index >= 15 is 0 Å². The Morgan fingerprint density at radius 1 is 1.06 bits per heavy atom. The van der Waals surface area contributed by atoms with Gasteiger partial charge in [0.2, 0.25) is 15.9 Å². The van der Waals surface area contributed by atoms with Gasteiger partial charge in [0.1, 0.15) is 0 Å². The van der Waals surface area contributed by atoms with Gasteiger partial charge in [0.05, 0.1) is 10.6 Å². The van der Waals surface area contributed by atoms with Crippen molar-refractivity contribution >= 4 is 33.4 Å². The third-order valence-electron chi connectivity index (χ3n) is 6.96. The molecule has 33 heavy (non-hydrogen) atoms. The average molecular weight is 486 g/mol. The first-order chi connectivity index (χ1) is 15.9. The first kappa shape index (κ1) is 22.9. The maximum Gasteiger partial charge on any atom is 0.243 e. The van der Waals surface area contributed by atoms with Crippen molar-refractivity contribution in [2.24, 2.45) is 5.92 Å². The Kier molecular flexibility index (Phi) is 6.53. The molecule has 3 heterocycles. The van der Waals surface area contributed by atoms with E-state index in [-0.39, 0.29) is 16.1 Å². The SMILES string of the molecule is C[C@H]1CC(=O)Nc2cc(S(=O)(=O)N3CCC(CN4CCc5ccccc5C4)CC3)ccc2S1. The molecular weight excluding hydrogens is 454 g/mol. The van der Waals surface area contributed by atoms with Crippen molar-refractivity contribution in [3.05, 3.63) is 53.6 Å². The van der Waals surface area contributed by atoms with Gasteiger partial charge in [0.15, 0.2) is 0 Å². The van der Waals surface area contributed by atoms with Crippen molar-refractivity contribution in [1.82, 2.24) is 9.21 Å². The van der Waals surface area contributed by atoms with E-state index in [1.54, 1.807) is 28.2 Å². The lowest BCUT2D eigenvalue weighted by Gasteiger charge is -2.36. The number of sulfonamides is 1. The molecule has 0 spiro atoms. The number of piperidine rings is 1. The van der Waals surface area contributed by atoms with Crippen molar-refractivity contribution in [1.29, 1.82) is 0 Å². The number of nitrogens with zero attached hydrogens (tertiary/aromatic N) is 2. The molecule has 2 aromatic carbocycles. The van der Waals surface area contributed by atoms with Crippen LogP contribution in [0.25, 0.3) is 0 Å². The van der Waals surface area contributed by atoms with E-state index in [2.05, 4.69) is 34.5 Å². The summed E-state index contributed by atoms with van der Waals surface area (Å²) in [4.78, 5) is 15.8. The summed E-state index contributed by atoms with van der Waals surface area (Å²) in [5.41, 5.74) is 3.49. The van der Waals surface area contributed by atoms with Gasteiger partial charge in [-0.3, -0.25) is 9.69 Å². The number of rotatable bonds is 4. The zero-order chi connectivity index (χ0) is 23.0. The van der Waals surface area contributed by atoms with Crippen LogP contribution in [-0.4, -0.2) is 55.0 Å². The Balaban J connectivity index is 1.22. The summed E-state index contributed by atoms with van der Waals surface area (Å²) in [6.07, 6.45) is 3.28. The third kappa shape index (κ3) is 4.99. The molecule has 5 rings (SSSR count). The fourth-order valence-electron chi connectivity index (χ4n) is 5.15. The van der Waals surface area contributed by atoms with Gasteiger partial charge in [-0.2, -0.15) is 4.31 Å². The summed E-state index contributed by atoms with van der Waals surface area (Å²) >= 11 is 1.61. The Hall–Kier alpha value is -1.87. The lowest BCUT2D eigenvalue weighted by Crippen LogP contribution is -2.42. The minimum Gasteiger partial charge on any atom is -0.325 e.